The van der Waals surface area contributed by atoms with Crippen LogP contribution in [0.15, 0.2) is 4.99 Å². The zero-order chi connectivity index (χ0) is 17.9. The first-order valence-electron chi connectivity index (χ1n) is 10.3. The maximum atomic E-state index is 4.45. The van der Waals surface area contributed by atoms with Crippen LogP contribution in [0.5, 0.6) is 0 Å². The van der Waals surface area contributed by atoms with Crippen LogP contribution < -0.4 is 10.6 Å². The summed E-state index contributed by atoms with van der Waals surface area (Å²) in [6.45, 7) is 6.41. The predicted octanol–water partition coefficient (Wildman–Crippen LogP) is 1.95. The van der Waals surface area contributed by atoms with Gasteiger partial charge in [0.25, 0.3) is 0 Å². The quantitative estimate of drug-likeness (QED) is 0.386. The molecule has 2 fully saturated rings. The van der Waals surface area contributed by atoms with Crippen LogP contribution >= 0.6 is 24.0 Å². The third-order valence-electron chi connectivity index (χ3n) is 6.41. The van der Waals surface area contributed by atoms with Gasteiger partial charge in [-0.05, 0) is 38.5 Å². The van der Waals surface area contributed by atoms with Crippen LogP contribution in [0.1, 0.15) is 50.2 Å². The number of guanidine groups is 1. The maximum absolute atomic E-state index is 4.45. The summed E-state index contributed by atoms with van der Waals surface area (Å²) in [6, 6.07) is 1.36. The molecule has 7 nitrogen and oxygen atoms in total. The first kappa shape index (κ1) is 20.8. The minimum atomic E-state index is 0. The number of fused-ring (bicyclic) bond motifs is 1. The molecular weight excluding hydrogens is 453 g/mol. The molecule has 3 heterocycles. The molecular formula is C19H34IN7. The van der Waals surface area contributed by atoms with Crippen LogP contribution in [-0.4, -0.2) is 64.4 Å². The van der Waals surface area contributed by atoms with Gasteiger partial charge in [-0.15, -0.1) is 34.2 Å². The van der Waals surface area contributed by atoms with Crippen molar-refractivity contribution >= 4 is 29.9 Å². The number of nitrogens with one attached hydrogen (secondary N) is 2. The van der Waals surface area contributed by atoms with Gasteiger partial charge in [0.15, 0.2) is 5.96 Å². The van der Waals surface area contributed by atoms with Crippen molar-refractivity contribution in [3.05, 3.63) is 11.6 Å². The highest BCUT2D eigenvalue weighted by atomic mass is 127. The Bertz CT molecular complexity index is 638. The van der Waals surface area contributed by atoms with Gasteiger partial charge in [-0.2, -0.15) is 0 Å². The van der Waals surface area contributed by atoms with E-state index in [9.17, 15) is 0 Å². The van der Waals surface area contributed by atoms with E-state index in [1.165, 1.54) is 45.1 Å². The Morgan fingerprint density at radius 3 is 2.74 bits per heavy atom. The van der Waals surface area contributed by atoms with Crippen molar-refractivity contribution in [2.24, 2.45) is 10.9 Å². The fourth-order valence-electron chi connectivity index (χ4n) is 4.83. The molecule has 3 aliphatic rings. The van der Waals surface area contributed by atoms with Crippen molar-refractivity contribution in [3.8, 4) is 0 Å². The summed E-state index contributed by atoms with van der Waals surface area (Å²) in [6.07, 6.45) is 9.04. The fourth-order valence-corrected chi connectivity index (χ4v) is 4.83. The van der Waals surface area contributed by atoms with E-state index in [0.717, 1.165) is 49.7 Å². The van der Waals surface area contributed by atoms with Crippen LogP contribution in [-0.2, 0) is 13.0 Å². The van der Waals surface area contributed by atoms with E-state index in [-0.39, 0.29) is 24.0 Å². The number of aryl methyl sites for hydroxylation is 2. The van der Waals surface area contributed by atoms with Gasteiger partial charge in [0, 0.05) is 51.7 Å². The Morgan fingerprint density at radius 2 is 1.96 bits per heavy atom. The fraction of sp³-hybridized carbons (Fsp3) is 0.842. The van der Waals surface area contributed by atoms with Crippen molar-refractivity contribution in [1.82, 2.24) is 30.3 Å². The molecule has 0 radical (unpaired) electrons. The standard InChI is InChI=1S/C19H33N7.HI/c1-14-23-24-18-8-7-15(12-26(14)18)11-21-19(20-2)22-16-9-10-25(13-16)17-5-3-4-6-17;/h15-17H,3-13H2,1-2H3,(H2,20,21,22);1H. The highest BCUT2D eigenvalue weighted by Gasteiger charge is 2.30. The minimum Gasteiger partial charge on any atom is -0.356 e. The lowest BCUT2D eigenvalue weighted by Crippen LogP contribution is -2.47. The van der Waals surface area contributed by atoms with Crippen LogP contribution in [0.2, 0.25) is 0 Å². The molecule has 1 saturated heterocycles. The van der Waals surface area contributed by atoms with Gasteiger partial charge < -0.3 is 15.2 Å². The second-order valence-corrected chi connectivity index (χ2v) is 8.20. The number of aliphatic imine (C=N–C) groups is 1. The van der Waals surface area contributed by atoms with Crippen LogP contribution in [0.25, 0.3) is 0 Å². The van der Waals surface area contributed by atoms with Crippen LogP contribution in [0.3, 0.4) is 0 Å². The van der Waals surface area contributed by atoms with Crippen molar-refractivity contribution in [2.75, 3.05) is 26.7 Å². The summed E-state index contributed by atoms with van der Waals surface area (Å²) in [5.74, 6) is 3.73. The van der Waals surface area contributed by atoms with E-state index in [0.29, 0.717) is 12.0 Å². The van der Waals surface area contributed by atoms with E-state index in [2.05, 4.69) is 35.3 Å². The van der Waals surface area contributed by atoms with Crippen LogP contribution in [0.4, 0.5) is 0 Å². The van der Waals surface area contributed by atoms with E-state index in [1.54, 1.807) is 0 Å². The van der Waals surface area contributed by atoms with E-state index in [1.807, 2.05) is 14.0 Å². The zero-order valence-electron chi connectivity index (χ0n) is 16.7. The van der Waals surface area contributed by atoms with E-state index in [4.69, 9.17) is 0 Å². The van der Waals surface area contributed by atoms with Gasteiger partial charge in [-0.1, -0.05) is 12.8 Å². The smallest absolute Gasteiger partial charge is 0.191 e. The summed E-state index contributed by atoms with van der Waals surface area (Å²) >= 11 is 0. The highest BCUT2D eigenvalue weighted by molar-refractivity contribution is 14.0. The molecule has 0 amide bonds. The number of likely N-dealkylation sites (tertiary alicyclic amines) is 1. The lowest BCUT2D eigenvalue weighted by molar-refractivity contribution is 0.242. The number of rotatable bonds is 4. The Hall–Kier alpha value is -0.900. The van der Waals surface area contributed by atoms with Gasteiger partial charge in [0.1, 0.15) is 11.6 Å². The maximum Gasteiger partial charge on any atom is 0.191 e. The number of aromatic nitrogens is 3. The molecule has 1 aliphatic carbocycles. The Morgan fingerprint density at radius 1 is 1.15 bits per heavy atom. The molecule has 1 aromatic rings. The minimum absolute atomic E-state index is 0. The molecule has 27 heavy (non-hydrogen) atoms. The van der Waals surface area contributed by atoms with Crippen molar-refractivity contribution < 1.29 is 0 Å². The summed E-state index contributed by atoms with van der Waals surface area (Å²) < 4.78 is 2.27. The molecule has 1 saturated carbocycles. The summed E-state index contributed by atoms with van der Waals surface area (Å²) in [7, 11) is 1.88. The molecule has 2 atom stereocenters. The SMILES string of the molecule is CN=C(NCC1CCc2nnc(C)n2C1)NC1CCN(C2CCCC2)C1.I. The Balaban J connectivity index is 0.00000210. The topological polar surface area (TPSA) is 70.4 Å². The monoisotopic (exact) mass is 487 g/mol. The van der Waals surface area contributed by atoms with Crippen LogP contribution in [0, 0.1) is 12.8 Å². The highest BCUT2D eigenvalue weighted by Crippen LogP contribution is 2.26. The summed E-state index contributed by atoms with van der Waals surface area (Å²) in [5.41, 5.74) is 0. The number of halogens is 1. The number of hydrogen-bond acceptors (Lipinski definition) is 4. The molecule has 2 aliphatic heterocycles. The molecule has 1 aromatic heterocycles. The largest absolute Gasteiger partial charge is 0.356 e. The third-order valence-corrected chi connectivity index (χ3v) is 6.41. The molecule has 152 valence electrons. The van der Waals surface area contributed by atoms with Gasteiger partial charge in [-0.3, -0.25) is 9.89 Å². The lowest BCUT2D eigenvalue weighted by Gasteiger charge is -2.26. The second-order valence-electron chi connectivity index (χ2n) is 8.20. The normalized spacial score (nSPS) is 26.7. The van der Waals surface area contributed by atoms with Crippen molar-refractivity contribution in [2.45, 2.75) is 70.5 Å². The molecule has 0 bridgehead atoms. The molecule has 2 N–H and O–H groups in total. The predicted molar refractivity (Wildman–Crippen MR) is 119 cm³/mol. The van der Waals surface area contributed by atoms with Gasteiger partial charge in [0.05, 0.1) is 0 Å². The average molecular weight is 487 g/mol. The molecule has 4 rings (SSSR count). The third kappa shape index (κ3) is 4.93. The van der Waals surface area contributed by atoms with E-state index < -0.39 is 0 Å². The molecule has 0 spiro atoms. The Labute approximate surface area is 179 Å². The average Bonchev–Trinajstić information content (AvgIpc) is 3.40. The first-order valence-corrected chi connectivity index (χ1v) is 10.3. The van der Waals surface area contributed by atoms with Crippen molar-refractivity contribution in [1.29, 1.82) is 0 Å². The molecule has 8 heteroatoms. The zero-order valence-corrected chi connectivity index (χ0v) is 19.0. The second kappa shape index (κ2) is 9.54. The summed E-state index contributed by atoms with van der Waals surface area (Å²) in [4.78, 5) is 7.14. The van der Waals surface area contributed by atoms with Gasteiger partial charge in [-0.25, -0.2) is 0 Å². The summed E-state index contributed by atoms with van der Waals surface area (Å²) in [5, 5.41) is 15.7. The lowest BCUT2D eigenvalue weighted by atomic mass is 9.99. The number of hydrogen-bond donors (Lipinski definition) is 2. The van der Waals surface area contributed by atoms with E-state index >= 15 is 0 Å². The molecule has 0 aromatic carbocycles. The first-order chi connectivity index (χ1) is 12.7. The van der Waals surface area contributed by atoms with Gasteiger partial charge in [0.2, 0.25) is 0 Å². The van der Waals surface area contributed by atoms with Gasteiger partial charge >= 0.3 is 0 Å². The number of nitrogens with zero attached hydrogens (tertiary/aromatic N) is 5. The Kier molecular flexibility index (Phi) is 7.35. The van der Waals surface area contributed by atoms with Crippen molar-refractivity contribution in [3.63, 3.8) is 0 Å². The molecule has 2 unspecified atom stereocenters.